The number of aryl methyl sites for hydroxylation is 1. The zero-order valence-corrected chi connectivity index (χ0v) is 20.8. The minimum absolute atomic E-state index is 0.292. The van der Waals surface area contributed by atoms with E-state index in [9.17, 15) is 4.79 Å². The number of nitrogens with zero attached hydrogens (tertiary/aromatic N) is 1. The van der Waals surface area contributed by atoms with Crippen molar-refractivity contribution < 1.29 is 9.53 Å². The fourth-order valence-electron chi connectivity index (χ4n) is 3.41. The van der Waals surface area contributed by atoms with Crippen molar-refractivity contribution in [2.75, 3.05) is 11.9 Å². The van der Waals surface area contributed by atoms with E-state index in [0.717, 1.165) is 40.1 Å². The van der Waals surface area contributed by atoms with Gasteiger partial charge in [-0.3, -0.25) is 4.79 Å². The topological polar surface area (TPSA) is 51.2 Å². The summed E-state index contributed by atoms with van der Waals surface area (Å²) in [6, 6.07) is 17.0. The Morgan fingerprint density at radius 1 is 1.03 bits per heavy atom. The molecule has 0 atom stereocenters. The molecule has 4 nitrogen and oxygen atoms in total. The van der Waals surface area contributed by atoms with Crippen LogP contribution in [0, 0.1) is 6.92 Å². The van der Waals surface area contributed by atoms with Crippen LogP contribution in [-0.4, -0.2) is 17.5 Å². The van der Waals surface area contributed by atoms with Crippen LogP contribution < -0.4 is 10.1 Å². The van der Waals surface area contributed by atoms with Crippen LogP contribution in [0.2, 0.25) is 10.0 Å². The molecule has 0 aliphatic heterocycles. The Kier molecular flexibility index (Phi) is 7.53. The molecule has 7 heteroatoms. The summed E-state index contributed by atoms with van der Waals surface area (Å²) >= 11 is 14.3. The van der Waals surface area contributed by atoms with Crippen LogP contribution in [0.5, 0.6) is 5.75 Å². The maximum absolute atomic E-state index is 12.8. The second-order valence-electron chi connectivity index (χ2n) is 7.85. The second kappa shape index (κ2) is 10.6. The molecule has 3 aromatic carbocycles. The number of anilines is 1. The number of rotatable bonds is 8. The van der Waals surface area contributed by atoms with E-state index in [1.807, 2.05) is 30.3 Å². The number of halogens is 2. The molecule has 0 aliphatic carbocycles. The van der Waals surface area contributed by atoms with Crippen LogP contribution in [0.3, 0.4) is 0 Å². The predicted molar refractivity (Wildman–Crippen MR) is 139 cm³/mol. The minimum Gasteiger partial charge on any atom is -0.490 e. The number of ether oxygens (including phenoxy) is 1. The molecule has 0 radical (unpaired) electrons. The molecule has 0 aliphatic rings. The average Bonchev–Trinajstić information content (AvgIpc) is 3.21. The number of unbranched alkanes of at least 4 members (excludes halogenated alkanes) is 2. The van der Waals surface area contributed by atoms with E-state index in [2.05, 4.69) is 31.3 Å². The normalized spacial score (nSPS) is 11.0. The van der Waals surface area contributed by atoms with Crippen molar-refractivity contribution in [1.82, 2.24) is 4.98 Å². The third-order valence-electron chi connectivity index (χ3n) is 5.19. The number of fused-ring (bicyclic) bond motifs is 1. The number of carbonyl (C=O) groups is 1. The molecule has 1 N–H and O–H groups in total. The molecule has 0 bridgehead atoms. The third kappa shape index (κ3) is 5.67. The van der Waals surface area contributed by atoms with Crippen molar-refractivity contribution in [3.63, 3.8) is 0 Å². The van der Waals surface area contributed by atoms with Gasteiger partial charge in [0.15, 0.2) is 5.75 Å². The van der Waals surface area contributed by atoms with E-state index in [1.165, 1.54) is 5.56 Å². The van der Waals surface area contributed by atoms with Gasteiger partial charge in [0.05, 0.1) is 26.9 Å². The summed E-state index contributed by atoms with van der Waals surface area (Å²) in [6.07, 6.45) is 3.11. The lowest BCUT2D eigenvalue weighted by atomic mass is 10.1. The Balaban J connectivity index is 1.45. The highest BCUT2D eigenvalue weighted by Gasteiger charge is 2.15. The average molecular weight is 499 g/mol. The monoisotopic (exact) mass is 498 g/mol. The van der Waals surface area contributed by atoms with Crippen LogP contribution in [0.25, 0.3) is 20.8 Å². The first-order valence-corrected chi connectivity index (χ1v) is 12.4. The molecule has 0 spiro atoms. The van der Waals surface area contributed by atoms with Gasteiger partial charge in [0.2, 0.25) is 0 Å². The van der Waals surface area contributed by atoms with E-state index in [1.54, 1.807) is 23.5 Å². The van der Waals surface area contributed by atoms with Crippen LogP contribution in [0.4, 0.5) is 5.69 Å². The highest BCUT2D eigenvalue weighted by molar-refractivity contribution is 7.21. The first-order chi connectivity index (χ1) is 15.9. The number of hydrogen-bond acceptors (Lipinski definition) is 4. The minimum atomic E-state index is -0.292. The first kappa shape index (κ1) is 23.6. The summed E-state index contributed by atoms with van der Waals surface area (Å²) in [4.78, 5) is 17.5. The van der Waals surface area contributed by atoms with E-state index in [-0.39, 0.29) is 5.91 Å². The van der Waals surface area contributed by atoms with E-state index < -0.39 is 0 Å². The molecule has 4 rings (SSSR count). The lowest BCUT2D eigenvalue weighted by Gasteiger charge is -2.12. The van der Waals surface area contributed by atoms with Gasteiger partial charge in [-0.25, -0.2) is 4.98 Å². The summed E-state index contributed by atoms with van der Waals surface area (Å²) in [6.45, 7) is 4.74. The van der Waals surface area contributed by atoms with Gasteiger partial charge in [0, 0.05) is 16.8 Å². The molecule has 0 fully saturated rings. The lowest BCUT2D eigenvalue weighted by molar-refractivity contribution is 0.102. The molecule has 33 heavy (non-hydrogen) atoms. The van der Waals surface area contributed by atoms with Gasteiger partial charge in [-0.1, -0.05) is 49.0 Å². The lowest BCUT2D eigenvalue weighted by Crippen LogP contribution is -2.12. The zero-order chi connectivity index (χ0) is 23.4. The quantitative estimate of drug-likeness (QED) is 0.248. The van der Waals surface area contributed by atoms with Gasteiger partial charge in [0.25, 0.3) is 5.91 Å². The van der Waals surface area contributed by atoms with Gasteiger partial charge >= 0.3 is 0 Å². The summed E-state index contributed by atoms with van der Waals surface area (Å²) in [5.74, 6) is 0.126. The van der Waals surface area contributed by atoms with Crippen molar-refractivity contribution in [3.8, 4) is 16.3 Å². The van der Waals surface area contributed by atoms with Crippen molar-refractivity contribution >= 4 is 56.3 Å². The molecule has 4 aromatic rings. The van der Waals surface area contributed by atoms with E-state index in [4.69, 9.17) is 32.9 Å². The Morgan fingerprint density at radius 3 is 2.45 bits per heavy atom. The molecular formula is C26H24Cl2N2O2S. The summed E-state index contributed by atoms with van der Waals surface area (Å²) in [7, 11) is 0. The molecular weight excluding hydrogens is 475 g/mol. The Labute approximate surface area is 207 Å². The van der Waals surface area contributed by atoms with Crippen LogP contribution in [0.15, 0.2) is 54.6 Å². The van der Waals surface area contributed by atoms with Crippen molar-refractivity contribution in [3.05, 3.63) is 75.8 Å². The largest absolute Gasteiger partial charge is 0.490 e. The van der Waals surface area contributed by atoms with Gasteiger partial charge < -0.3 is 10.1 Å². The molecule has 0 unspecified atom stereocenters. The number of amides is 1. The first-order valence-electron chi connectivity index (χ1n) is 10.9. The fraction of sp³-hybridized carbons (Fsp3) is 0.231. The Hall–Kier alpha value is -2.60. The van der Waals surface area contributed by atoms with Crippen molar-refractivity contribution in [2.45, 2.75) is 33.1 Å². The maximum atomic E-state index is 12.8. The SMILES string of the molecule is CCCCCOc1c(Cl)cc(C(=O)Nc2ccc(-c3nc4ccc(C)cc4s3)cc2)cc1Cl. The number of nitrogens with one attached hydrogen (secondary N) is 1. The zero-order valence-electron chi connectivity index (χ0n) is 18.5. The smallest absolute Gasteiger partial charge is 0.255 e. The molecule has 0 saturated carbocycles. The number of thiazole rings is 1. The van der Waals surface area contributed by atoms with Crippen molar-refractivity contribution in [1.29, 1.82) is 0 Å². The number of hydrogen-bond donors (Lipinski definition) is 1. The molecule has 170 valence electrons. The second-order valence-corrected chi connectivity index (χ2v) is 9.69. The highest BCUT2D eigenvalue weighted by Crippen LogP contribution is 2.35. The van der Waals surface area contributed by atoms with Gasteiger partial charge in [-0.15, -0.1) is 11.3 Å². The maximum Gasteiger partial charge on any atom is 0.255 e. The summed E-state index contributed by atoms with van der Waals surface area (Å²) in [5.41, 5.74) is 4.25. The summed E-state index contributed by atoms with van der Waals surface area (Å²) in [5, 5.41) is 4.49. The molecule has 0 saturated heterocycles. The Bertz CT molecular complexity index is 1260. The highest BCUT2D eigenvalue weighted by atomic mass is 35.5. The molecule has 1 amide bonds. The van der Waals surface area contributed by atoms with Crippen LogP contribution >= 0.6 is 34.5 Å². The number of carbonyl (C=O) groups excluding carboxylic acids is 1. The van der Waals surface area contributed by atoms with Crippen LogP contribution in [-0.2, 0) is 0 Å². The predicted octanol–water partition coefficient (Wildman–Crippen LogP) is 8.40. The van der Waals surface area contributed by atoms with Gasteiger partial charge in [0.1, 0.15) is 5.01 Å². The van der Waals surface area contributed by atoms with Crippen LogP contribution in [0.1, 0.15) is 42.1 Å². The molecule has 1 heterocycles. The number of benzene rings is 3. The molecule has 1 aromatic heterocycles. The van der Waals surface area contributed by atoms with Gasteiger partial charge in [-0.05, 0) is 67.4 Å². The summed E-state index contributed by atoms with van der Waals surface area (Å²) < 4.78 is 6.87. The van der Waals surface area contributed by atoms with Gasteiger partial charge in [-0.2, -0.15) is 0 Å². The fourth-order valence-corrected chi connectivity index (χ4v) is 5.08. The van der Waals surface area contributed by atoms with E-state index >= 15 is 0 Å². The van der Waals surface area contributed by atoms with Crippen molar-refractivity contribution in [2.24, 2.45) is 0 Å². The Morgan fingerprint density at radius 2 is 1.76 bits per heavy atom. The van der Waals surface area contributed by atoms with E-state index in [0.29, 0.717) is 33.7 Å². The standard InChI is InChI=1S/C26H24Cl2N2O2S/c1-3-4-5-12-32-24-20(27)14-18(15-21(24)28)25(31)29-19-9-7-17(8-10-19)26-30-22-11-6-16(2)13-23(22)33-26/h6-11,13-15H,3-5,12H2,1-2H3,(H,29,31). The third-order valence-corrected chi connectivity index (χ3v) is 6.82. The number of aromatic nitrogens is 1.